The fourth-order valence-electron chi connectivity index (χ4n) is 1.84. The van der Waals surface area contributed by atoms with Gasteiger partial charge in [0.05, 0.1) is 14.8 Å². The van der Waals surface area contributed by atoms with E-state index in [1.165, 1.54) is 15.5 Å². The molecule has 18 heavy (non-hydrogen) atoms. The molecular formula is C11H16N4OS2. The second kappa shape index (κ2) is 5.62. The summed E-state index contributed by atoms with van der Waals surface area (Å²) < 4.78 is 1.18. The quantitative estimate of drug-likeness (QED) is 0.649. The van der Waals surface area contributed by atoms with Gasteiger partial charge >= 0.3 is 0 Å². The summed E-state index contributed by atoms with van der Waals surface area (Å²) in [6.45, 7) is 4.19. The molecule has 0 atom stereocenters. The first-order valence-corrected chi connectivity index (χ1v) is 7.57. The maximum atomic E-state index is 11.8. The fraction of sp³-hybridized carbons (Fsp3) is 0.455. The van der Waals surface area contributed by atoms with Gasteiger partial charge < -0.3 is 16.4 Å². The van der Waals surface area contributed by atoms with Crippen LogP contribution in [0.5, 0.6) is 0 Å². The number of nitrogens with zero attached hydrogens (tertiary/aromatic N) is 2. The Kier molecular flexibility index (Phi) is 4.13. The van der Waals surface area contributed by atoms with Crippen LogP contribution in [0.3, 0.4) is 0 Å². The van der Waals surface area contributed by atoms with Crippen molar-refractivity contribution in [1.29, 1.82) is 0 Å². The lowest BCUT2D eigenvalue weighted by atomic mass is 10.3. The minimum absolute atomic E-state index is 0.190. The molecule has 7 heteroatoms. The Morgan fingerprint density at radius 3 is 3.00 bits per heavy atom. The van der Waals surface area contributed by atoms with Crippen LogP contribution in [-0.4, -0.2) is 30.7 Å². The minimum Gasteiger partial charge on any atom is -0.370 e. The molecule has 0 aromatic carbocycles. The zero-order valence-corrected chi connectivity index (χ0v) is 11.8. The monoisotopic (exact) mass is 284 g/mol. The van der Waals surface area contributed by atoms with Gasteiger partial charge in [-0.15, -0.1) is 23.1 Å². The van der Waals surface area contributed by atoms with Gasteiger partial charge in [-0.1, -0.05) is 6.92 Å². The van der Waals surface area contributed by atoms with Gasteiger partial charge in [0.1, 0.15) is 0 Å². The first-order chi connectivity index (χ1) is 8.61. The van der Waals surface area contributed by atoms with E-state index in [-0.39, 0.29) is 11.9 Å². The third-order valence-corrected chi connectivity index (χ3v) is 4.92. The Morgan fingerprint density at radius 1 is 1.56 bits per heavy atom. The zero-order valence-electron chi connectivity index (χ0n) is 10.2. The summed E-state index contributed by atoms with van der Waals surface area (Å²) in [5.41, 5.74) is 11.6. The number of carbonyl (C=O) groups is 1. The molecule has 1 aliphatic heterocycles. The molecule has 2 rings (SSSR count). The number of hydrogen-bond donors (Lipinski definition) is 2. The molecule has 0 spiro atoms. The average Bonchev–Trinajstić information content (AvgIpc) is 2.73. The summed E-state index contributed by atoms with van der Waals surface area (Å²) in [6, 6.07) is 1.90. The van der Waals surface area contributed by atoms with E-state index in [4.69, 9.17) is 11.5 Å². The molecule has 98 valence electrons. The van der Waals surface area contributed by atoms with Crippen LogP contribution in [0.1, 0.15) is 23.0 Å². The molecule has 1 aromatic rings. The number of carbonyl (C=O) groups excluding carboxylic acids is 1. The van der Waals surface area contributed by atoms with Crippen LogP contribution < -0.4 is 16.4 Å². The second-order valence-electron chi connectivity index (χ2n) is 3.96. The van der Waals surface area contributed by atoms with Crippen molar-refractivity contribution in [3.63, 3.8) is 0 Å². The summed E-state index contributed by atoms with van der Waals surface area (Å²) in [5, 5.41) is 0. The molecule has 0 aliphatic carbocycles. The van der Waals surface area contributed by atoms with E-state index in [0.717, 1.165) is 31.0 Å². The second-order valence-corrected chi connectivity index (χ2v) is 6.38. The summed E-state index contributed by atoms with van der Waals surface area (Å²) in [5.74, 6) is 0.513. The molecule has 0 saturated heterocycles. The lowest BCUT2D eigenvalue weighted by molar-refractivity contribution is 0.101. The van der Waals surface area contributed by atoms with E-state index in [9.17, 15) is 4.79 Å². The predicted molar refractivity (Wildman–Crippen MR) is 77.7 cm³/mol. The van der Waals surface area contributed by atoms with Crippen molar-refractivity contribution in [2.75, 3.05) is 23.7 Å². The maximum absolute atomic E-state index is 11.8. The van der Waals surface area contributed by atoms with Crippen LogP contribution in [0, 0.1) is 0 Å². The van der Waals surface area contributed by atoms with Gasteiger partial charge in [-0.25, -0.2) is 0 Å². The van der Waals surface area contributed by atoms with E-state index in [1.54, 1.807) is 11.8 Å². The Hall–Kier alpha value is -1.21. The van der Waals surface area contributed by atoms with E-state index >= 15 is 0 Å². The summed E-state index contributed by atoms with van der Waals surface area (Å²) >= 11 is 3.26. The highest BCUT2D eigenvalue weighted by atomic mass is 32.2. The summed E-state index contributed by atoms with van der Waals surface area (Å²) in [4.78, 5) is 18.3. The molecule has 1 aromatic heterocycles. The number of anilines is 1. The van der Waals surface area contributed by atoms with Crippen molar-refractivity contribution >= 4 is 40.7 Å². The summed E-state index contributed by atoms with van der Waals surface area (Å²) in [6.07, 6.45) is 1.09. The van der Waals surface area contributed by atoms with Crippen molar-refractivity contribution in [3.05, 3.63) is 10.9 Å². The molecule has 0 radical (unpaired) electrons. The molecular weight excluding hydrogens is 268 g/mol. The topological polar surface area (TPSA) is 84.7 Å². The first kappa shape index (κ1) is 13.2. The largest absolute Gasteiger partial charge is 0.370 e. The number of fused-ring (bicyclic) bond motifs is 1. The molecule has 1 aliphatic rings. The van der Waals surface area contributed by atoms with Crippen LogP contribution >= 0.6 is 23.1 Å². The smallest absolute Gasteiger partial charge is 0.290 e. The van der Waals surface area contributed by atoms with E-state index < -0.39 is 0 Å². The van der Waals surface area contributed by atoms with Gasteiger partial charge in [0, 0.05) is 18.8 Å². The van der Waals surface area contributed by atoms with Gasteiger partial charge in [-0.2, -0.15) is 4.99 Å². The standard InChI is InChI=1S/C11H16N4OS2/c1-2-3-15-4-5-17-10-7(15)6-8(18-10)9(16)14-11(12)13/h6H,2-5H2,1H3,(H4,12,13,14,16). The first-order valence-electron chi connectivity index (χ1n) is 5.77. The average molecular weight is 284 g/mol. The van der Waals surface area contributed by atoms with Gasteiger partial charge in [-0.05, 0) is 12.5 Å². The number of nitrogens with two attached hydrogens (primary N) is 2. The van der Waals surface area contributed by atoms with Crippen molar-refractivity contribution < 1.29 is 4.79 Å². The SMILES string of the molecule is CCCN1CCSc2sc(C(=O)N=C(N)N)cc21. The lowest BCUT2D eigenvalue weighted by Crippen LogP contribution is -2.28. The Labute approximate surface area is 114 Å². The van der Waals surface area contributed by atoms with E-state index in [1.807, 2.05) is 6.07 Å². The van der Waals surface area contributed by atoms with E-state index in [0.29, 0.717) is 4.88 Å². The molecule has 1 amide bonds. The molecule has 5 nitrogen and oxygen atoms in total. The normalized spacial score (nSPS) is 14.2. The van der Waals surface area contributed by atoms with Crippen LogP contribution in [0.4, 0.5) is 5.69 Å². The van der Waals surface area contributed by atoms with Crippen molar-refractivity contribution in [2.45, 2.75) is 17.6 Å². The van der Waals surface area contributed by atoms with Crippen molar-refractivity contribution in [3.8, 4) is 0 Å². The van der Waals surface area contributed by atoms with Gasteiger partial charge in [-0.3, -0.25) is 4.79 Å². The van der Waals surface area contributed by atoms with Crippen molar-refractivity contribution in [2.24, 2.45) is 16.5 Å². The lowest BCUT2D eigenvalue weighted by Gasteiger charge is -2.27. The van der Waals surface area contributed by atoms with Crippen molar-refractivity contribution in [1.82, 2.24) is 0 Å². The van der Waals surface area contributed by atoms with Crippen LogP contribution in [0.2, 0.25) is 0 Å². The highest BCUT2D eigenvalue weighted by Crippen LogP contribution is 2.41. The van der Waals surface area contributed by atoms with Crippen LogP contribution in [0.15, 0.2) is 15.3 Å². The maximum Gasteiger partial charge on any atom is 0.290 e. The predicted octanol–water partition coefficient (Wildman–Crippen LogP) is 1.48. The third-order valence-electron chi connectivity index (χ3n) is 2.55. The molecule has 0 saturated carbocycles. The highest BCUT2D eigenvalue weighted by molar-refractivity contribution is 8.01. The Bertz CT molecular complexity index is 479. The number of thioether (sulfide) groups is 1. The zero-order chi connectivity index (χ0) is 13.1. The highest BCUT2D eigenvalue weighted by Gasteiger charge is 2.22. The van der Waals surface area contributed by atoms with Gasteiger partial charge in [0.25, 0.3) is 5.91 Å². The molecule has 4 N–H and O–H groups in total. The summed E-state index contributed by atoms with van der Waals surface area (Å²) in [7, 11) is 0. The number of guanidine groups is 1. The number of rotatable bonds is 3. The number of aliphatic imine (C=N–C) groups is 1. The number of hydrogen-bond acceptors (Lipinski definition) is 4. The van der Waals surface area contributed by atoms with Crippen LogP contribution in [-0.2, 0) is 0 Å². The molecule has 0 unspecified atom stereocenters. The van der Waals surface area contributed by atoms with Crippen LogP contribution in [0.25, 0.3) is 0 Å². The fourth-order valence-corrected chi connectivity index (χ4v) is 4.22. The van der Waals surface area contributed by atoms with Gasteiger partial charge in [0.15, 0.2) is 5.96 Å². The number of amides is 1. The number of thiophene rings is 1. The van der Waals surface area contributed by atoms with E-state index in [2.05, 4.69) is 16.8 Å². The Morgan fingerprint density at radius 2 is 2.33 bits per heavy atom. The Balaban J connectivity index is 2.27. The molecule has 2 heterocycles. The third kappa shape index (κ3) is 2.78. The molecule has 0 fully saturated rings. The molecule has 0 bridgehead atoms. The van der Waals surface area contributed by atoms with Gasteiger partial charge in [0.2, 0.25) is 0 Å². The minimum atomic E-state index is -0.355.